The monoisotopic (exact) mass is 158 g/mol. The highest BCUT2D eigenvalue weighted by molar-refractivity contribution is 5.86. The van der Waals surface area contributed by atoms with Gasteiger partial charge in [0.1, 0.15) is 0 Å². The molecule has 1 unspecified atom stereocenters. The van der Waals surface area contributed by atoms with E-state index in [0.717, 1.165) is 0 Å². The maximum Gasteiger partial charge on any atom is 0.331 e. The zero-order valence-corrected chi connectivity index (χ0v) is 6.71. The normalized spacial score (nSPS) is 12.5. The summed E-state index contributed by atoms with van der Waals surface area (Å²) in [6.45, 7) is 5.34. The van der Waals surface area contributed by atoms with Gasteiger partial charge < -0.3 is 10.2 Å². The summed E-state index contributed by atoms with van der Waals surface area (Å²) in [7, 11) is 0. The molecule has 0 aromatic rings. The second-order valence-electron chi connectivity index (χ2n) is 2.45. The van der Waals surface area contributed by atoms with Crippen LogP contribution in [-0.4, -0.2) is 22.8 Å². The standard InChI is InChI=1S/C8H14O3/c1-3-7(4-5-9)6(2)8(10)11/h7,9H,2-5H2,1H3,(H,10,11). The van der Waals surface area contributed by atoms with E-state index in [2.05, 4.69) is 6.58 Å². The summed E-state index contributed by atoms with van der Waals surface area (Å²) in [6.07, 6.45) is 1.20. The number of carboxylic acids is 1. The molecule has 0 aromatic carbocycles. The maximum atomic E-state index is 10.4. The Kier molecular flexibility index (Phi) is 4.54. The van der Waals surface area contributed by atoms with Gasteiger partial charge in [0, 0.05) is 12.2 Å². The molecule has 0 fully saturated rings. The smallest absolute Gasteiger partial charge is 0.331 e. The number of carbonyl (C=O) groups is 1. The highest BCUT2D eigenvalue weighted by Crippen LogP contribution is 2.16. The predicted molar refractivity (Wildman–Crippen MR) is 42.3 cm³/mol. The first-order chi connectivity index (χ1) is 5.13. The van der Waals surface area contributed by atoms with Crippen LogP contribution in [0.1, 0.15) is 19.8 Å². The molecule has 0 heterocycles. The zero-order chi connectivity index (χ0) is 8.85. The number of hydrogen-bond acceptors (Lipinski definition) is 2. The van der Waals surface area contributed by atoms with Gasteiger partial charge in [-0.15, -0.1) is 0 Å². The number of aliphatic hydroxyl groups is 1. The van der Waals surface area contributed by atoms with E-state index in [4.69, 9.17) is 10.2 Å². The Morgan fingerprint density at radius 1 is 1.64 bits per heavy atom. The van der Waals surface area contributed by atoms with E-state index in [1.807, 2.05) is 6.92 Å². The van der Waals surface area contributed by atoms with Crippen molar-refractivity contribution in [1.82, 2.24) is 0 Å². The Hall–Kier alpha value is -0.830. The van der Waals surface area contributed by atoms with Crippen molar-refractivity contribution in [3.63, 3.8) is 0 Å². The highest BCUT2D eigenvalue weighted by Gasteiger charge is 2.15. The second kappa shape index (κ2) is 4.91. The van der Waals surface area contributed by atoms with Crippen LogP contribution in [0.5, 0.6) is 0 Å². The van der Waals surface area contributed by atoms with E-state index in [1.165, 1.54) is 0 Å². The van der Waals surface area contributed by atoms with Crippen molar-refractivity contribution in [2.45, 2.75) is 19.8 Å². The van der Waals surface area contributed by atoms with Crippen molar-refractivity contribution in [2.24, 2.45) is 5.92 Å². The lowest BCUT2D eigenvalue weighted by Crippen LogP contribution is -2.12. The van der Waals surface area contributed by atoms with Crippen LogP contribution in [0, 0.1) is 5.92 Å². The molecule has 0 aromatic heterocycles. The minimum absolute atomic E-state index is 0.0187. The van der Waals surface area contributed by atoms with Crippen molar-refractivity contribution in [2.75, 3.05) is 6.61 Å². The Balaban J connectivity index is 4.02. The number of hydrogen-bond donors (Lipinski definition) is 2. The fourth-order valence-electron chi connectivity index (χ4n) is 0.955. The van der Waals surface area contributed by atoms with E-state index in [1.54, 1.807) is 0 Å². The molecule has 1 atom stereocenters. The van der Waals surface area contributed by atoms with E-state index < -0.39 is 5.97 Å². The summed E-state index contributed by atoms with van der Waals surface area (Å²) >= 11 is 0. The SMILES string of the molecule is C=C(C(=O)O)C(CC)CCO. The molecule has 0 aliphatic carbocycles. The van der Waals surface area contributed by atoms with Crippen LogP contribution in [0.15, 0.2) is 12.2 Å². The minimum atomic E-state index is -0.967. The van der Waals surface area contributed by atoms with Gasteiger partial charge in [-0.3, -0.25) is 0 Å². The molecule has 0 aliphatic rings. The summed E-state index contributed by atoms with van der Waals surface area (Å²) in [4.78, 5) is 10.4. The first-order valence-electron chi connectivity index (χ1n) is 3.66. The van der Waals surface area contributed by atoms with Crippen molar-refractivity contribution in [3.05, 3.63) is 12.2 Å². The average Bonchev–Trinajstić information content (AvgIpc) is 1.98. The van der Waals surface area contributed by atoms with Gasteiger partial charge in [-0.1, -0.05) is 13.5 Å². The van der Waals surface area contributed by atoms with Gasteiger partial charge in [0.05, 0.1) is 0 Å². The van der Waals surface area contributed by atoms with Crippen molar-refractivity contribution in [1.29, 1.82) is 0 Å². The third-order valence-corrected chi connectivity index (χ3v) is 1.74. The van der Waals surface area contributed by atoms with Gasteiger partial charge in [-0.2, -0.15) is 0 Å². The average molecular weight is 158 g/mol. The fraction of sp³-hybridized carbons (Fsp3) is 0.625. The number of carboxylic acid groups (broad SMARTS) is 1. The van der Waals surface area contributed by atoms with E-state index in [0.29, 0.717) is 12.8 Å². The first-order valence-corrected chi connectivity index (χ1v) is 3.66. The van der Waals surface area contributed by atoms with Gasteiger partial charge in [-0.05, 0) is 18.8 Å². The predicted octanol–water partition coefficient (Wildman–Crippen LogP) is 1.04. The summed E-state index contributed by atoms with van der Waals surface area (Å²) < 4.78 is 0. The first kappa shape index (κ1) is 10.2. The molecule has 3 heteroatoms. The molecule has 11 heavy (non-hydrogen) atoms. The minimum Gasteiger partial charge on any atom is -0.478 e. The molecular weight excluding hydrogens is 144 g/mol. The molecule has 0 amide bonds. The van der Waals surface area contributed by atoms with Gasteiger partial charge in [0.2, 0.25) is 0 Å². The molecular formula is C8H14O3. The van der Waals surface area contributed by atoms with E-state index in [9.17, 15) is 4.79 Å². The van der Waals surface area contributed by atoms with Crippen LogP contribution >= 0.6 is 0 Å². The Labute approximate surface area is 66.4 Å². The lowest BCUT2D eigenvalue weighted by Gasteiger charge is -2.11. The lowest BCUT2D eigenvalue weighted by molar-refractivity contribution is -0.133. The van der Waals surface area contributed by atoms with Crippen LogP contribution < -0.4 is 0 Å². The van der Waals surface area contributed by atoms with Crippen molar-refractivity contribution < 1.29 is 15.0 Å². The number of aliphatic hydroxyl groups excluding tert-OH is 1. The summed E-state index contributed by atoms with van der Waals surface area (Å²) in [5, 5.41) is 17.1. The third-order valence-electron chi connectivity index (χ3n) is 1.74. The largest absolute Gasteiger partial charge is 0.478 e. The van der Waals surface area contributed by atoms with Gasteiger partial charge in [0.15, 0.2) is 0 Å². The number of rotatable bonds is 5. The molecule has 0 saturated heterocycles. The zero-order valence-electron chi connectivity index (χ0n) is 6.71. The molecule has 0 bridgehead atoms. The Morgan fingerprint density at radius 3 is 2.45 bits per heavy atom. The van der Waals surface area contributed by atoms with E-state index >= 15 is 0 Å². The Bertz CT molecular complexity index is 151. The van der Waals surface area contributed by atoms with Crippen molar-refractivity contribution >= 4 is 5.97 Å². The van der Waals surface area contributed by atoms with Gasteiger partial charge in [0.25, 0.3) is 0 Å². The van der Waals surface area contributed by atoms with Gasteiger partial charge >= 0.3 is 5.97 Å². The molecule has 0 spiro atoms. The van der Waals surface area contributed by atoms with Crippen LogP contribution in [-0.2, 0) is 4.79 Å². The van der Waals surface area contributed by atoms with Crippen molar-refractivity contribution in [3.8, 4) is 0 Å². The molecule has 2 N–H and O–H groups in total. The molecule has 0 rings (SSSR count). The van der Waals surface area contributed by atoms with Crippen LogP contribution in [0.3, 0.4) is 0 Å². The Morgan fingerprint density at radius 2 is 2.18 bits per heavy atom. The highest BCUT2D eigenvalue weighted by atomic mass is 16.4. The summed E-state index contributed by atoms with van der Waals surface area (Å²) in [5.41, 5.74) is 0.196. The lowest BCUT2D eigenvalue weighted by atomic mass is 9.95. The van der Waals surface area contributed by atoms with E-state index in [-0.39, 0.29) is 18.1 Å². The van der Waals surface area contributed by atoms with Crippen LogP contribution in [0.2, 0.25) is 0 Å². The molecule has 0 radical (unpaired) electrons. The summed E-state index contributed by atoms with van der Waals surface area (Å²) in [5.74, 6) is -1.05. The summed E-state index contributed by atoms with van der Waals surface area (Å²) in [6, 6.07) is 0. The molecule has 3 nitrogen and oxygen atoms in total. The fourth-order valence-corrected chi connectivity index (χ4v) is 0.955. The second-order valence-corrected chi connectivity index (χ2v) is 2.45. The third kappa shape index (κ3) is 3.18. The van der Waals surface area contributed by atoms with Gasteiger partial charge in [-0.25, -0.2) is 4.79 Å². The molecule has 0 aliphatic heterocycles. The number of aliphatic carboxylic acids is 1. The van der Waals surface area contributed by atoms with Crippen LogP contribution in [0.25, 0.3) is 0 Å². The van der Waals surface area contributed by atoms with Crippen LogP contribution in [0.4, 0.5) is 0 Å². The molecule has 0 saturated carbocycles. The molecule has 64 valence electrons. The quantitative estimate of drug-likeness (QED) is 0.588. The topological polar surface area (TPSA) is 57.5 Å². The maximum absolute atomic E-state index is 10.4.